The monoisotopic (exact) mass is 262 g/mol. The number of ether oxygens (including phenoxy) is 1. The van der Waals surface area contributed by atoms with Crippen LogP contribution >= 0.6 is 0 Å². The quantitative estimate of drug-likeness (QED) is 0.848. The van der Waals surface area contributed by atoms with Gasteiger partial charge in [0.05, 0.1) is 13.2 Å². The largest absolute Gasteiger partial charge is 0.496 e. The standard InChI is InChI=1S/C16H22O3/c1-3-11-10-13(6-9-15(11)19-2)16(18)12-4-7-14(17)8-5-12/h6,9-10,12,14,17H,3-5,7-8H2,1-2H3. The molecule has 0 heterocycles. The number of hydrogen-bond donors (Lipinski definition) is 1. The summed E-state index contributed by atoms with van der Waals surface area (Å²) in [5.74, 6) is 1.13. The number of ketones is 1. The zero-order valence-electron chi connectivity index (χ0n) is 11.7. The van der Waals surface area contributed by atoms with Crippen LogP contribution in [0.25, 0.3) is 0 Å². The highest BCUT2D eigenvalue weighted by atomic mass is 16.5. The van der Waals surface area contributed by atoms with Gasteiger partial charge in [-0.2, -0.15) is 0 Å². The van der Waals surface area contributed by atoms with Gasteiger partial charge in [-0.05, 0) is 55.9 Å². The number of aryl methyl sites for hydroxylation is 1. The molecular formula is C16H22O3. The van der Waals surface area contributed by atoms with Crippen molar-refractivity contribution in [3.05, 3.63) is 29.3 Å². The van der Waals surface area contributed by atoms with E-state index in [2.05, 4.69) is 6.92 Å². The Balaban J connectivity index is 2.15. The van der Waals surface area contributed by atoms with Crippen molar-refractivity contribution in [3.63, 3.8) is 0 Å². The van der Waals surface area contributed by atoms with Gasteiger partial charge in [0.2, 0.25) is 0 Å². The third kappa shape index (κ3) is 3.16. The van der Waals surface area contributed by atoms with Crippen molar-refractivity contribution < 1.29 is 14.6 Å². The van der Waals surface area contributed by atoms with Gasteiger partial charge in [-0.3, -0.25) is 4.79 Å². The molecule has 1 aromatic rings. The van der Waals surface area contributed by atoms with E-state index in [1.54, 1.807) is 7.11 Å². The van der Waals surface area contributed by atoms with Crippen molar-refractivity contribution >= 4 is 5.78 Å². The molecule has 0 bridgehead atoms. The molecule has 3 heteroatoms. The summed E-state index contributed by atoms with van der Waals surface area (Å²) >= 11 is 0. The normalized spacial score (nSPS) is 23.1. The molecule has 1 aromatic carbocycles. The molecule has 0 atom stereocenters. The van der Waals surface area contributed by atoms with Crippen LogP contribution in [0.4, 0.5) is 0 Å². The highest BCUT2D eigenvalue weighted by Gasteiger charge is 2.26. The summed E-state index contributed by atoms with van der Waals surface area (Å²) < 4.78 is 5.29. The van der Waals surface area contributed by atoms with Gasteiger partial charge < -0.3 is 9.84 Å². The Labute approximate surface area is 114 Å². The highest BCUT2D eigenvalue weighted by molar-refractivity contribution is 5.98. The van der Waals surface area contributed by atoms with Gasteiger partial charge in [0.25, 0.3) is 0 Å². The van der Waals surface area contributed by atoms with E-state index in [4.69, 9.17) is 4.74 Å². The first kappa shape index (κ1) is 14.1. The summed E-state index contributed by atoms with van der Waals surface area (Å²) in [6, 6.07) is 5.68. The van der Waals surface area contributed by atoms with Crippen molar-refractivity contribution in [2.75, 3.05) is 7.11 Å². The van der Waals surface area contributed by atoms with E-state index in [9.17, 15) is 9.90 Å². The van der Waals surface area contributed by atoms with Crippen molar-refractivity contribution in [1.82, 2.24) is 0 Å². The van der Waals surface area contributed by atoms with Gasteiger partial charge in [0.1, 0.15) is 5.75 Å². The first-order valence-electron chi connectivity index (χ1n) is 7.05. The molecule has 1 N–H and O–H groups in total. The topological polar surface area (TPSA) is 46.5 Å². The summed E-state index contributed by atoms with van der Waals surface area (Å²) in [7, 11) is 1.65. The molecule has 1 aliphatic carbocycles. The second kappa shape index (κ2) is 6.20. The Morgan fingerprint density at radius 1 is 1.32 bits per heavy atom. The predicted octanol–water partition coefficient (Wildman–Crippen LogP) is 2.99. The molecular weight excluding hydrogens is 240 g/mol. The Morgan fingerprint density at radius 3 is 2.58 bits per heavy atom. The van der Waals surface area contributed by atoms with E-state index < -0.39 is 0 Å². The minimum Gasteiger partial charge on any atom is -0.496 e. The lowest BCUT2D eigenvalue weighted by molar-refractivity contribution is 0.0764. The average Bonchev–Trinajstić information content (AvgIpc) is 2.46. The summed E-state index contributed by atoms with van der Waals surface area (Å²) in [4.78, 5) is 12.5. The smallest absolute Gasteiger partial charge is 0.165 e. The van der Waals surface area contributed by atoms with Gasteiger partial charge in [0.15, 0.2) is 5.78 Å². The Morgan fingerprint density at radius 2 is 2.00 bits per heavy atom. The molecule has 3 nitrogen and oxygen atoms in total. The van der Waals surface area contributed by atoms with Crippen LogP contribution in [0.3, 0.4) is 0 Å². The molecule has 0 aliphatic heterocycles. The Bertz CT molecular complexity index is 445. The summed E-state index contributed by atoms with van der Waals surface area (Å²) in [6.07, 6.45) is 3.72. The van der Waals surface area contributed by atoms with Gasteiger partial charge >= 0.3 is 0 Å². The third-order valence-corrected chi connectivity index (χ3v) is 4.01. The lowest BCUT2D eigenvalue weighted by atomic mass is 9.82. The van der Waals surface area contributed by atoms with Crippen LogP contribution in [0.5, 0.6) is 5.75 Å². The molecule has 19 heavy (non-hydrogen) atoms. The number of carbonyl (C=O) groups excluding carboxylic acids is 1. The minimum atomic E-state index is -0.217. The van der Waals surface area contributed by atoms with Crippen LogP contribution in [0.15, 0.2) is 18.2 Å². The molecule has 0 amide bonds. The molecule has 0 unspecified atom stereocenters. The number of Topliss-reactive ketones (excluding diaryl/α,β-unsaturated/α-hetero) is 1. The molecule has 0 aromatic heterocycles. The number of carbonyl (C=O) groups is 1. The second-order valence-electron chi connectivity index (χ2n) is 5.25. The summed E-state index contributed by atoms with van der Waals surface area (Å²) in [6.45, 7) is 2.06. The van der Waals surface area contributed by atoms with Gasteiger partial charge in [-0.15, -0.1) is 0 Å². The summed E-state index contributed by atoms with van der Waals surface area (Å²) in [5.41, 5.74) is 1.85. The molecule has 0 spiro atoms. The lowest BCUT2D eigenvalue weighted by Crippen LogP contribution is -2.24. The fraction of sp³-hybridized carbons (Fsp3) is 0.562. The fourth-order valence-electron chi connectivity index (χ4n) is 2.78. The van der Waals surface area contributed by atoms with Crippen molar-refractivity contribution in [3.8, 4) is 5.75 Å². The molecule has 104 valence electrons. The number of hydrogen-bond acceptors (Lipinski definition) is 3. The Kier molecular flexibility index (Phi) is 4.59. The van der Waals surface area contributed by atoms with E-state index in [1.807, 2.05) is 18.2 Å². The van der Waals surface area contributed by atoms with Crippen LogP contribution in [-0.4, -0.2) is 24.1 Å². The van der Waals surface area contributed by atoms with Gasteiger partial charge in [-0.25, -0.2) is 0 Å². The molecule has 1 fully saturated rings. The van der Waals surface area contributed by atoms with Crippen LogP contribution in [0.2, 0.25) is 0 Å². The molecule has 1 saturated carbocycles. The maximum Gasteiger partial charge on any atom is 0.165 e. The average molecular weight is 262 g/mol. The maximum absolute atomic E-state index is 12.5. The molecule has 0 saturated heterocycles. The zero-order chi connectivity index (χ0) is 13.8. The number of rotatable bonds is 4. The fourth-order valence-corrected chi connectivity index (χ4v) is 2.78. The number of methoxy groups -OCH3 is 1. The first-order valence-corrected chi connectivity index (χ1v) is 7.05. The van der Waals surface area contributed by atoms with Crippen molar-refractivity contribution in [2.45, 2.75) is 45.1 Å². The molecule has 0 radical (unpaired) electrons. The summed E-state index contributed by atoms with van der Waals surface area (Å²) in [5, 5.41) is 9.50. The van der Waals surface area contributed by atoms with Gasteiger partial charge in [-0.1, -0.05) is 6.92 Å². The van der Waals surface area contributed by atoms with Crippen LogP contribution in [0, 0.1) is 5.92 Å². The van der Waals surface area contributed by atoms with E-state index in [0.29, 0.717) is 0 Å². The molecule has 1 aliphatic rings. The van der Waals surface area contributed by atoms with Crippen molar-refractivity contribution in [2.24, 2.45) is 5.92 Å². The SMILES string of the molecule is CCc1cc(C(=O)C2CCC(O)CC2)ccc1OC. The number of aliphatic hydroxyl groups is 1. The zero-order valence-corrected chi connectivity index (χ0v) is 11.7. The van der Waals surface area contributed by atoms with Crippen LogP contribution in [0.1, 0.15) is 48.5 Å². The molecule has 2 rings (SSSR count). The lowest BCUT2D eigenvalue weighted by Gasteiger charge is -2.24. The maximum atomic E-state index is 12.5. The second-order valence-corrected chi connectivity index (χ2v) is 5.25. The van der Waals surface area contributed by atoms with E-state index in [0.717, 1.165) is 49.0 Å². The number of aliphatic hydroxyl groups excluding tert-OH is 1. The van der Waals surface area contributed by atoms with E-state index >= 15 is 0 Å². The van der Waals surface area contributed by atoms with Gasteiger partial charge in [0, 0.05) is 11.5 Å². The first-order chi connectivity index (χ1) is 9.15. The minimum absolute atomic E-state index is 0.0708. The van der Waals surface area contributed by atoms with Crippen LogP contribution in [-0.2, 0) is 6.42 Å². The van der Waals surface area contributed by atoms with E-state index in [1.165, 1.54) is 0 Å². The highest BCUT2D eigenvalue weighted by Crippen LogP contribution is 2.29. The van der Waals surface area contributed by atoms with Crippen molar-refractivity contribution in [1.29, 1.82) is 0 Å². The van der Waals surface area contributed by atoms with Crippen LogP contribution < -0.4 is 4.74 Å². The number of benzene rings is 1. The third-order valence-electron chi connectivity index (χ3n) is 4.01. The van der Waals surface area contributed by atoms with E-state index in [-0.39, 0.29) is 17.8 Å². The predicted molar refractivity (Wildman–Crippen MR) is 74.7 cm³/mol. The Hall–Kier alpha value is -1.35.